The lowest BCUT2D eigenvalue weighted by Gasteiger charge is -2.07. The number of hydrogen-bond acceptors (Lipinski definition) is 4. The molecule has 5 nitrogen and oxygen atoms in total. The highest BCUT2D eigenvalue weighted by atomic mass is 16.1. The fourth-order valence-electron chi connectivity index (χ4n) is 1.90. The van der Waals surface area contributed by atoms with Crippen LogP contribution in [0, 0.1) is 6.92 Å². The van der Waals surface area contributed by atoms with E-state index in [-0.39, 0.29) is 5.91 Å². The van der Waals surface area contributed by atoms with Crippen LogP contribution in [0.4, 0.5) is 5.95 Å². The standard InChI is InChI=1S/C17H22N4O/c1-3-4-9-18-16(22)15-11-20-17(21-12-15)19-10-14-7-5-13(2)6-8-14/h5-8,11-12H,3-4,9-10H2,1-2H3,(H,18,22)(H,19,20,21). The molecular formula is C17H22N4O. The first kappa shape index (κ1) is 15.9. The summed E-state index contributed by atoms with van der Waals surface area (Å²) in [4.78, 5) is 20.2. The summed E-state index contributed by atoms with van der Waals surface area (Å²) in [5.74, 6) is 0.393. The molecular weight excluding hydrogens is 276 g/mol. The third kappa shape index (κ3) is 4.84. The second kappa shape index (κ2) is 8.12. The van der Waals surface area contributed by atoms with Gasteiger partial charge in [0.2, 0.25) is 5.95 Å². The van der Waals surface area contributed by atoms with Crippen LogP contribution in [0.1, 0.15) is 41.3 Å². The van der Waals surface area contributed by atoms with Crippen molar-refractivity contribution in [1.82, 2.24) is 15.3 Å². The van der Waals surface area contributed by atoms with Gasteiger partial charge < -0.3 is 10.6 Å². The van der Waals surface area contributed by atoms with E-state index < -0.39 is 0 Å². The predicted octanol–water partition coefficient (Wildman–Crippen LogP) is 2.93. The van der Waals surface area contributed by atoms with Crippen LogP contribution in [0.5, 0.6) is 0 Å². The van der Waals surface area contributed by atoms with E-state index in [4.69, 9.17) is 0 Å². The van der Waals surface area contributed by atoms with Crippen LogP contribution >= 0.6 is 0 Å². The summed E-state index contributed by atoms with van der Waals surface area (Å²) in [6.45, 7) is 5.49. The van der Waals surface area contributed by atoms with Crippen LogP contribution in [0.15, 0.2) is 36.7 Å². The molecule has 0 unspecified atom stereocenters. The minimum absolute atomic E-state index is 0.126. The number of hydrogen-bond donors (Lipinski definition) is 2. The summed E-state index contributed by atoms with van der Waals surface area (Å²) in [6.07, 6.45) is 5.12. The minimum atomic E-state index is -0.126. The van der Waals surface area contributed by atoms with E-state index >= 15 is 0 Å². The number of nitrogens with one attached hydrogen (secondary N) is 2. The summed E-state index contributed by atoms with van der Waals surface area (Å²) < 4.78 is 0. The van der Waals surface area contributed by atoms with E-state index in [2.05, 4.69) is 58.7 Å². The zero-order valence-electron chi connectivity index (χ0n) is 13.1. The molecule has 0 bridgehead atoms. The molecule has 1 heterocycles. The van der Waals surface area contributed by atoms with Crippen molar-refractivity contribution < 1.29 is 4.79 Å². The highest BCUT2D eigenvalue weighted by molar-refractivity contribution is 5.93. The number of carbonyl (C=O) groups is 1. The van der Waals surface area contributed by atoms with E-state index in [0.717, 1.165) is 18.4 Å². The Balaban J connectivity index is 1.86. The Bertz CT molecular complexity index is 593. The molecule has 5 heteroatoms. The molecule has 116 valence electrons. The van der Waals surface area contributed by atoms with E-state index in [1.54, 1.807) is 12.4 Å². The smallest absolute Gasteiger partial charge is 0.254 e. The lowest BCUT2D eigenvalue weighted by atomic mass is 10.1. The van der Waals surface area contributed by atoms with E-state index in [1.807, 2.05) is 0 Å². The first-order valence-electron chi connectivity index (χ1n) is 7.58. The van der Waals surface area contributed by atoms with Gasteiger partial charge in [-0.1, -0.05) is 43.2 Å². The number of rotatable bonds is 7. The van der Waals surface area contributed by atoms with Gasteiger partial charge in [0.15, 0.2) is 0 Å². The second-order valence-corrected chi connectivity index (χ2v) is 5.24. The van der Waals surface area contributed by atoms with Crippen molar-refractivity contribution in [3.05, 3.63) is 53.3 Å². The van der Waals surface area contributed by atoms with Gasteiger partial charge in [0.05, 0.1) is 5.56 Å². The molecule has 1 aromatic carbocycles. The average Bonchev–Trinajstić information content (AvgIpc) is 2.55. The molecule has 0 aliphatic carbocycles. The van der Waals surface area contributed by atoms with Crippen molar-refractivity contribution in [2.24, 2.45) is 0 Å². The molecule has 0 spiro atoms. The molecule has 1 aromatic heterocycles. The number of nitrogens with zero attached hydrogens (tertiary/aromatic N) is 2. The third-order valence-corrected chi connectivity index (χ3v) is 3.30. The number of aryl methyl sites for hydroxylation is 1. The molecule has 0 aliphatic heterocycles. The first-order valence-corrected chi connectivity index (χ1v) is 7.58. The Morgan fingerprint density at radius 3 is 2.45 bits per heavy atom. The van der Waals surface area contributed by atoms with Crippen LogP contribution in [0.2, 0.25) is 0 Å². The van der Waals surface area contributed by atoms with Gasteiger partial charge >= 0.3 is 0 Å². The van der Waals surface area contributed by atoms with Gasteiger partial charge in [0.1, 0.15) is 0 Å². The van der Waals surface area contributed by atoms with Crippen LogP contribution in [-0.2, 0) is 6.54 Å². The number of anilines is 1. The SMILES string of the molecule is CCCCNC(=O)c1cnc(NCc2ccc(C)cc2)nc1. The van der Waals surface area contributed by atoms with Gasteiger partial charge in [0.25, 0.3) is 5.91 Å². The first-order chi connectivity index (χ1) is 10.7. The normalized spacial score (nSPS) is 10.3. The lowest BCUT2D eigenvalue weighted by Crippen LogP contribution is -2.24. The van der Waals surface area contributed by atoms with Crippen LogP contribution in [0.3, 0.4) is 0 Å². The van der Waals surface area contributed by atoms with Gasteiger partial charge in [-0.2, -0.15) is 0 Å². The molecule has 2 aromatic rings. The van der Waals surface area contributed by atoms with Gasteiger partial charge in [-0.3, -0.25) is 4.79 Å². The molecule has 0 saturated carbocycles. The van der Waals surface area contributed by atoms with Gasteiger partial charge in [0, 0.05) is 25.5 Å². The highest BCUT2D eigenvalue weighted by Gasteiger charge is 2.06. The molecule has 0 radical (unpaired) electrons. The van der Waals surface area contributed by atoms with E-state index in [0.29, 0.717) is 24.6 Å². The minimum Gasteiger partial charge on any atom is -0.352 e. The summed E-state index contributed by atoms with van der Waals surface area (Å²) in [5.41, 5.74) is 2.88. The Kier molecular flexibility index (Phi) is 5.89. The second-order valence-electron chi connectivity index (χ2n) is 5.24. The van der Waals surface area contributed by atoms with Crippen LogP contribution < -0.4 is 10.6 Å². The van der Waals surface area contributed by atoms with Crippen molar-refractivity contribution in [3.63, 3.8) is 0 Å². The Labute approximate surface area is 131 Å². The molecule has 0 saturated heterocycles. The molecule has 0 fully saturated rings. The zero-order chi connectivity index (χ0) is 15.8. The molecule has 22 heavy (non-hydrogen) atoms. The van der Waals surface area contributed by atoms with Gasteiger partial charge in [-0.25, -0.2) is 9.97 Å². The maximum Gasteiger partial charge on any atom is 0.254 e. The van der Waals surface area contributed by atoms with Crippen molar-refractivity contribution in [3.8, 4) is 0 Å². The largest absolute Gasteiger partial charge is 0.352 e. The maximum absolute atomic E-state index is 11.8. The predicted molar refractivity (Wildman–Crippen MR) is 87.8 cm³/mol. The molecule has 0 aliphatic rings. The topological polar surface area (TPSA) is 66.9 Å². The van der Waals surface area contributed by atoms with Crippen molar-refractivity contribution in [2.45, 2.75) is 33.2 Å². The number of benzene rings is 1. The fourth-order valence-corrected chi connectivity index (χ4v) is 1.90. The third-order valence-electron chi connectivity index (χ3n) is 3.30. The average molecular weight is 298 g/mol. The van der Waals surface area contributed by atoms with Crippen molar-refractivity contribution in [2.75, 3.05) is 11.9 Å². The van der Waals surface area contributed by atoms with Crippen LogP contribution in [0.25, 0.3) is 0 Å². The zero-order valence-corrected chi connectivity index (χ0v) is 13.1. The Morgan fingerprint density at radius 2 is 1.82 bits per heavy atom. The quantitative estimate of drug-likeness (QED) is 0.771. The Morgan fingerprint density at radius 1 is 1.14 bits per heavy atom. The van der Waals surface area contributed by atoms with Gasteiger partial charge in [-0.15, -0.1) is 0 Å². The molecule has 2 rings (SSSR count). The maximum atomic E-state index is 11.8. The highest BCUT2D eigenvalue weighted by Crippen LogP contribution is 2.06. The van der Waals surface area contributed by atoms with Crippen LogP contribution in [-0.4, -0.2) is 22.4 Å². The molecule has 0 atom stereocenters. The molecule has 1 amide bonds. The van der Waals surface area contributed by atoms with Gasteiger partial charge in [-0.05, 0) is 18.9 Å². The summed E-state index contributed by atoms with van der Waals surface area (Å²) >= 11 is 0. The van der Waals surface area contributed by atoms with E-state index in [1.165, 1.54) is 5.56 Å². The van der Waals surface area contributed by atoms with E-state index in [9.17, 15) is 4.79 Å². The number of aromatic nitrogens is 2. The Hall–Kier alpha value is -2.43. The fraction of sp³-hybridized carbons (Fsp3) is 0.353. The summed E-state index contributed by atoms with van der Waals surface area (Å²) in [5, 5.41) is 5.99. The number of carbonyl (C=O) groups excluding carboxylic acids is 1. The lowest BCUT2D eigenvalue weighted by molar-refractivity contribution is 0.0952. The summed E-state index contributed by atoms with van der Waals surface area (Å²) in [6, 6.07) is 8.28. The molecule has 2 N–H and O–H groups in total. The monoisotopic (exact) mass is 298 g/mol. The number of amides is 1. The number of unbranched alkanes of at least 4 members (excludes halogenated alkanes) is 1. The van der Waals surface area contributed by atoms with Crippen molar-refractivity contribution >= 4 is 11.9 Å². The van der Waals surface area contributed by atoms with Crippen molar-refractivity contribution in [1.29, 1.82) is 0 Å². The summed E-state index contributed by atoms with van der Waals surface area (Å²) in [7, 11) is 0.